The van der Waals surface area contributed by atoms with Crippen LogP contribution in [0.1, 0.15) is 26.2 Å². The highest BCUT2D eigenvalue weighted by molar-refractivity contribution is 5.96. The van der Waals surface area contributed by atoms with Crippen LogP contribution in [0.2, 0.25) is 0 Å². The highest BCUT2D eigenvalue weighted by Crippen LogP contribution is 2.32. The Morgan fingerprint density at radius 1 is 0.974 bits per heavy atom. The van der Waals surface area contributed by atoms with Gasteiger partial charge in [0.1, 0.15) is 17.0 Å². The Bertz CT molecular complexity index is 1770. The van der Waals surface area contributed by atoms with Crippen LogP contribution in [0.3, 0.4) is 0 Å². The Labute approximate surface area is 216 Å². The van der Waals surface area contributed by atoms with Crippen LogP contribution in [0.4, 0.5) is 10.1 Å². The van der Waals surface area contributed by atoms with Gasteiger partial charge >= 0.3 is 0 Å². The summed E-state index contributed by atoms with van der Waals surface area (Å²) in [6.45, 7) is 2.05. The van der Waals surface area contributed by atoms with Crippen molar-refractivity contribution in [3.63, 3.8) is 0 Å². The van der Waals surface area contributed by atoms with Gasteiger partial charge in [-0.15, -0.1) is 0 Å². The van der Waals surface area contributed by atoms with Crippen molar-refractivity contribution in [2.75, 3.05) is 5.32 Å². The lowest BCUT2D eigenvalue weighted by atomic mass is 10.1. The molecule has 0 spiro atoms. The van der Waals surface area contributed by atoms with Crippen LogP contribution in [-0.2, 0) is 4.79 Å². The molecular weight excluding hydrogens is 483 g/mol. The van der Waals surface area contributed by atoms with Crippen LogP contribution < -0.4 is 5.32 Å². The lowest BCUT2D eigenvalue weighted by molar-refractivity contribution is -0.116. The molecule has 5 heterocycles. The summed E-state index contributed by atoms with van der Waals surface area (Å²) in [6, 6.07) is 12.0. The number of carbonyl (C=O) groups excluding carboxylic acids is 1. The number of fused-ring (bicyclic) bond motifs is 2. The van der Waals surface area contributed by atoms with Gasteiger partial charge in [-0.3, -0.25) is 14.9 Å². The van der Waals surface area contributed by atoms with E-state index in [4.69, 9.17) is 4.98 Å². The molecule has 0 aliphatic carbocycles. The third kappa shape index (κ3) is 4.47. The number of rotatable bonds is 7. The number of hydrogen-bond acceptors (Lipinski definition) is 6. The molecule has 0 aliphatic rings. The number of anilines is 1. The van der Waals surface area contributed by atoms with Crippen molar-refractivity contribution in [1.82, 2.24) is 35.1 Å². The van der Waals surface area contributed by atoms with Gasteiger partial charge in [-0.1, -0.05) is 25.5 Å². The molecule has 10 heteroatoms. The number of nitrogens with zero attached hydrogens (tertiary/aromatic N) is 5. The molecule has 0 bridgehead atoms. The number of hydrogen-bond donors (Lipinski definition) is 3. The van der Waals surface area contributed by atoms with Gasteiger partial charge in [-0.2, -0.15) is 5.10 Å². The monoisotopic (exact) mass is 506 g/mol. The first-order chi connectivity index (χ1) is 18.6. The average Bonchev–Trinajstić information content (AvgIpc) is 3.56. The van der Waals surface area contributed by atoms with Gasteiger partial charge in [-0.25, -0.2) is 19.3 Å². The molecule has 188 valence electrons. The standard InChI is InChI=1S/C28H23FN8O/c1-2-3-4-23(38)33-20-11-17(13-30-15-20)18-12-22-25(36-37-26(22)32-14-18)28-34-24-21(9-10-31-27(24)35-28)16-5-7-19(29)8-6-16/h5-15H,2-4H2,1H3,(H,33,38)(H,31,34,35)(H,32,36,37). The van der Waals surface area contributed by atoms with Gasteiger partial charge in [0.05, 0.1) is 17.3 Å². The van der Waals surface area contributed by atoms with Gasteiger partial charge in [0.25, 0.3) is 0 Å². The van der Waals surface area contributed by atoms with Crippen molar-refractivity contribution in [2.45, 2.75) is 26.2 Å². The van der Waals surface area contributed by atoms with Gasteiger partial charge in [-0.05, 0) is 42.3 Å². The van der Waals surface area contributed by atoms with Crippen LogP contribution in [0, 0.1) is 5.82 Å². The van der Waals surface area contributed by atoms with E-state index in [0.717, 1.165) is 40.5 Å². The first-order valence-electron chi connectivity index (χ1n) is 12.3. The Morgan fingerprint density at radius 2 is 1.82 bits per heavy atom. The lowest BCUT2D eigenvalue weighted by Gasteiger charge is -2.07. The fourth-order valence-electron chi connectivity index (χ4n) is 4.35. The van der Waals surface area contributed by atoms with E-state index in [2.05, 4.69) is 42.4 Å². The predicted octanol–water partition coefficient (Wildman–Crippen LogP) is 5.89. The topological polar surface area (TPSA) is 125 Å². The van der Waals surface area contributed by atoms with Crippen molar-refractivity contribution in [2.24, 2.45) is 0 Å². The summed E-state index contributed by atoms with van der Waals surface area (Å²) in [5.41, 5.74) is 6.38. The predicted molar refractivity (Wildman–Crippen MR) is 144 cm³/mol. The molecule has 0 unspecified atom stereocenters. The average molecular weight is 507 g/mol. The molecule has 9 nitrogen and oxygen atoms in total. The molecular formula is C28H23FN8O. The second-order valence-electron chi connectivity index (χ2n) is 8.95. The first kappa shape index (κ1) is 23.4. The molecule has 0 radical (unpaired) electrons. The molecule has 6 rings (SSSR count). The number of pyridine rings is 3. The number of unbranched alkanes of at least 4 members (excludes halogenated alkanes) is 1. The van der Waals surface area contributed by atoms with Crippen LogP contribution in [0.25, 0.3) is 56.0 Å². The maximum absolute atomic E-state index is 13.5. The van der Waals surface area contributed by atoms with E-state index >= 15 is 0 Å². The molecule has 0 atom stereocenters. The molecule has 0 fully saturated rings. The van der Waals surface area contributed by atoms with Crippen molar-refractivity contribution < 1.29 is 9.18 Å². The molecule has 1 aromatic carbocycles. The largest absolute Gasteiger partial charge is 0.325 e. The Balaban J connectivity index is 1.37. The minimum absolute atomic E-state index is 0.0324. The lowest BCUT2D eigenvalue weighted by Crippen LogP contribution is -2.11. The summed E-state index contributed by atoms with van der Waals surface area (Å²) in [7, 11) is 0. The minimum atomic E-state index is -0.298. The minimum Gasteiger partial charge on any atom is -0.325 e. The summed E-state index contributed by atoms with van der Waals surface area (Å²) in [5, 5.41) is 11.1. The maximum atomic E-state index is 13.5. The van der Waals surface area contributed by atoms with Crippen molar-refractivity contribution in [1.29, 1.82) is 0 Å². The van der Waals surface area contributed by atoms with Crippen molar-refractivity contribution in [3.05, 3.63) is 73.1 Å². The van der Waals surface area contributed by atoms with Crippen LogP contribution in [-0.4, -0.2) is 41.0 Å². The number of H-pyrrole nitrogens is 2. The maximum Gasteiger partial charge on any atom is 0.224 e. The molecule has 0 aliphatic heterocycles. The second kappa shape index (κ2) is 9.81. The quantitative estimate of drug-likeness (QED) is 0.248. The van der Waals surface area contributed by atoms with E-state index in [1.807, 2.05) is 18.2 Å². The number of aromatic amines is 2. The molecule has 1 amide bonds. The van der Waals surface area contributed by atoms with Crippen LogP contribution in [0.5, 0.6) is 0 Å². The summed E-state index contributed by atoms with van der Waals surface area (Å²) >= 11 is 0. The van der Waals surface area contributed by atoms with E-state index in [1.165, 1.54) is 12.1 Å². The number of halogens is 1. The zero-order valence-electron chi connectivity index (χ0n) is 20.5. The fraction of sp³-hybridized carbons (Fsp3) is 0.143. The number of benzene rings is 1. The van der Waals surface area contributed by atoms with E-state index in [9.17, 15) is 9.18 Å². The highest BCUT2D eigenvalue weighted by atomic mass is 19.1. The summed E-state index contributed by atoms with van der Waals surface area (Å²) in [6.07, 6.45) is 9.04. The van der Waals surface area contributed by atoms with Crippen LogP contribution in [0.15, 0.2) is 67.3 Å². The summed E-state index contributed by atoms with van der Waals surface area (Å²) in [5.74, 6) is 0.199. The SMILES string of the molecule is CCCCC(=O)Nc1cncc(-c2cnc3[nH]nc(-c4nc5c(-c6ccc(F)cc6)ccnc5[nH]4)c3c2)c1. The Hall–Kier alpha value is -4.99. The second-order valence-corrected chi connectivity index (χ2v) is 8.95. The zero-order valence-corrected chi connectivity index (χ0v) is 20.5. The Morgan fingerprint density at radius 3 is 2.66 bits per heavy atom. The first-order valence-corrected chi connectivity index (χ1v) is 12.3. The molecule has 0 saturated heterocycles. The van der Waals surface area contributed by atoms with Gasteiger partial charge in [0.15, 0.2) is 17.1 Å². The number of aromatic nitrogens is 7. The smallest absolute Gasteiger partial charge is 0.224 e. The third-order valence-corrected chi connectivity index (χ3v) is 6.29. The highest BCUT2D eigenvalue weighted by Gasteiger charge is 2.17. The number of imidazole rings is 1. The summed E-state index contributed by atoms with van der Waals surface area (Å²) in [4.78, 5) is 33.5. The van der Waals surface area contributed by atoms with E-state index < -0.39 is 0 Å². The molecule has 0 saturated carbocycles. The van der Waals surface area contributed by atoms with Gasteiger partial charge in [0, 0.05) is 41.7 Å². The molecule has 3 N–H and O–H groups in total. The fourth-order valence-corrected chi connectivity index (χ4v) is 4.35. The molecule has 38 heavy (non-hydrogen) atoms. The van der Waals surface area contributed by atoms with Crippen LogP contribution >= 0.6 is 0 Å². The van der Waals surface area contributed by atoms with Gasteiger partial charge < -0.3 is 10.3 Å². The molecule has 6 aromatic rings. The Kier molecular flexibility index (Phi) is 6.04. The molecule has 5 aromatic heterocycles. The van der Waals surface area contributed by atoms with Crippen molar-refractivity contribution in [3.8, 4) is 33.8 Å². The van der Waals surface area contributed by atoms with Crippen molar-refractivity contribution >= 4 is 33.8 Å². The normalized spacial score (nSPS) is 11.3. The number of amides is 1. The number of carbonyl (C=O) groups is 1. The summed E-state index contributed by atoms with van der Waals surface area (Å²) < 4.78 is 13.5. The third-order valence-electron chi connectivity index (χ3n) is 6.29. The van der Waals surface area contributed by atoms with E-state index in [0.29, 0.717) is 40.4 Å². The number of nitrogens with one attached hydrogen (secondary N) is 3. The van der Waals surface area contributed by atoms with E-state index in [1.54, 1.807) is 36.9 Å². The van der Waals surface area contributed by atoms with Gasteiger partial charge in [0.2, 0.25) is 5.91 Å². The van der Waals surface area contributed by atoms with E-state index in [-0.39, 0.29) is 11.7 Å². The zero-order chi connectivity index (χ0) is 26.1.